The van der Waals surface area contributed by atoms with E-state index in [1.54, 1.807) is 36.3 Å². The van der Waals surface area contributed by atoms with Crippen LogP contribution in [-0.2, 0) is 0 Å². The van der Waals surface area contributed by atoms with Crippen LogP contribution in [0, 0.1) is 0 Å². The molecular formula is C27H26Cl2N4OS. The largest absolute Gasteiger partial charge is 0.322 e. The van der Waals surface area contributed by atoms with E-state index in [0.717, 1.165) is 41.0 Å². The third kappa shape index (κ3) is 6.07. The fraction of sp³-hybridized carbons (Fsp3) is 0.222. The van der Waals surface area contributed by atoms with Gasteiger partial charge in [-0.25, -0.2) is 4.98 Å². The van der Waals surface area contributed by atoms with Gasteiger partial charge in [0.15, 0.2) is 0 Å². The highest BCUT2D eigenvalue weighted by molar-refractivity contribution is 8.00. The Labute approximate surface area is 220 Å². The number of benzene rings is 2. The molecule has 0 bridgehead atoms. The van der Waals surface area contributed by atoms with Crippen LogP contribution < -0.4 is 9.62 Å². The van der Waals surface area contributed by atoms with E-state index in [2.05, 4.69) is 33.4 Å². The average molecular weight is 526 g/mol. The zero-order valence-corrected chi connectivity index (χ0v) is 21.9. The molecule has 35 heavy (non-hydrogen) atoms. The molecule has 3 heterocycles. The van der Waals surface area contributed by atoms with Gasteiger partial charge in [0, 0.05) is 35.4 Å². The molecule has 5 nitrogen and oxygen atoms in total. The van der Waals surface area contributed by atoms with Gasteiger partial charge in [-0.05, 0) is 79.0 Å². The Balaban J connectivity index is 0.000000917. The summed E-state index contributed by atoms with van der Waals surface area (Å²) in [6.07, 6.45) is 4.13. The molecule has 0 saturated carbocycles. The number of pyridine rings is 2. The number of rotatable bonds is 4. The summed E-state index contributed by atoms with van der Waals surface area (Å²) in [6.45, 7) is 5.24. The normalized spacial score (nSPS) is 12.9. The second-order valence-corrected chi connectivity index (χ2v) is 9.97. The van der Waals surface area contributed by atoms with Gasteiger partial charge in [-0.2, -0.15) is 0 Å². The molecule has 2 aromatic carbocycles. The van der Waals surface area contributed by atoms with E-state index in [0.29, 0.717) is 27.0 Å². The van der Waals surface area contributed by atoms with Crippen molar-refractivity contribution in [2.75, 3.05) is 21.9 Å². The van der Waals surface area contributed by atoms with Crippen molar-refractivity contribution in [3.8, 4) is 11.3 Å². The van der Waals surface area contributed by atoms with Crippen molar-refractivity contribution in [2.24, 2.45) is 0 Å². The van der Waals surface area contributed by atoms with Gasteiger partial charge in [0.1, 0.15) is 0 Å². The minimum absolute atomic E-state index is 0.278. The van der Waals surface area contributed by atoms with Crippen molar-refractivity contribution < 1.29 is 4.79 Å². The minimum atomic E-state index is -0.278. The van der Waals surface area contributed by atoms with Crippen LogP contribution in [0.3, 0.4) is 0 Å². The van der Waals surface area contributed by atoms with Gasteiger partial charge < -0.3 is 9.62 Å². The van der Waals surface area contributed by atoms with Crippen LogP contribution in [0.15, 0.2) is 66.9 Å². The van der Waals surface area contributed by atoms with E-state index in [9.17, 15) is 4.79 Å². The number of halogens is 2. The third-order valence-electron chi connectivity index (χ3n) is 5.19. The third-order valence-corrected chi connectivity index (χ3v) is 7.01. The number of hydrogen-bond donors (Lipinski definition) is 1. The lowest BCUT2D eigenvalue weighted by atomic mass is 10.1. The van der Waals surface area contributed by atoms with E-state index < -0.39 is 0 Å². The molecule has 1 fully saturated rings. The Bertz CT molecular complexity index is 1340. The molecule has 1 N–H and O–H groups in total. The number of amides is 1. The average Bonchev–Trinajstić information content (AvgIpc) is 3.40. The first-order valence-corrected chi connectivity index (χ1v) is 13.2. The summed E-state index contributed by atoms with van der Waals surface area (Å²) in [5.41, 5.74) is 5.06. The van der Waals surface area contributed by atoms with Gasteiger partial charge >= 0.3 is 0 Å². The fourth-order valence-corrected chi connectivity index (χ4v) is 5.07. The number of carbonyl (C=O) groups excluding carboxylic acids is 1. The predicted octanol–water partition coefficient (Wildman–Crippen LogP) is 8.13. The van der Waals surface area contributed by atoms with Crippen LogP contribution in [0.5, 0.6) is 0 Å². The second-order valence-electron chi connectivity index (χ2n) is 8.05. The predicted molar refractivity (Wildman–Crippen MR) is 150 cm³/mol. The van der Waals surface area contributed by atoms with Gasteiger partial charge in [0.2, 0.25) is 0 Å². The highest BCUT2D eigenvalue weighted by Gasteiger charge is 2.17. The molecule has 0 radical (unpaired) electrons. The van der Waals surface area contributed by atoms with Crippen molar-refractivity contribution in [3.05, 3.63) is 82.5 Å². The van der Waals surface area contributed by atoms with Gasteiger partial charge in [0.25, 0.3) is 5.91 Å². The standard InChI is InChI=1S/C24H18Cl2N4OS.C3H8/c25-19-7-4-15(13-18(19)21-8-9-22-23(29-21)3-1-10-27-22)28-24(31)17-6-5-16(14-20(17)26)30-11-2-12-32-30;1-3-2/h1,3-10,13-14H,2,11-12H2,(H,28,31);3H2,1-2H3. The first kappa shape index (κ1) is 25.3. The first-order valence-electron chi connectivity index (χ1n) is 11.5. The molecule has 1 aliphatic heterocycles. The molecule has 0 atom stereocenters. The Morgan fingerprint density at radius 1 is 1.03 bits per heavy atom. The molecule has 0 aliphatic carbocycles. The Hall–Kier alpha value is -2.80. The summed E-state index contributed by atoms with van der Waals surface area (Å²) in [5.74, 6) is 0.820. The summed E-state index contributed by atoms with van der Waals surface area (Å²) in [4.78, 5) is 21.9. The maximum Gasteiger partial charge on any atom is 0.257 e. The lowest BCUT2D eigenvalue weighted by molar-refractivity contribution is 0.102. The smallest absolute Gasteiger partial charge is 0.257 e. The van der Waals surface area contributed by atoms with E-state index in [1.807, 2.05) is 42.5 Å². The monoisotopic (exact) mass is 524 g/mol. The van der Waals surface area contributed by atoms with E-state index >= 15 is 0 Å². The van der Waals surface area contributed by atoms with E-state index in [1.165, 1.54) is 6.42 Å². The minimum Gasteiger partial charge on any atom is -0.322 e. The number of nitrogens with one attached hydrogen (secondary N) is 1. The van der Waals surface area contributed by atoms with Crippen LogP contribution in [0.4, 0.5) is 11.4 Å². The van der Waals surface area contributed by atoms with Crippen LogP contribution in [0.2, 0.25) is 10.0 Å². The second kappa shape index (κ2) is 11.8. The van der Waals surface area contributed by atoms with E-state index in [-0.39, 0.29) is 5.91 Å². The van der Waals surface area contributed by atoms with Crippen molar-refractivity contribution >= 4 is 63.5 Å². The van der Waals surface area contributed by atoms with E-state index in [4.69, 9.17) is 23.2 Å². The molecule has 180 valence electrons. The Morgan fingerprint density at radius 2 is 1.86 bits per heavy atom. The topological polar surface area (TPSA) is 58.1 Å². The molecule has 4 aromatic rings. The SMILES string of the molecule is CCC.O=C(Nc1ccc(Cl)c(-c2ccc3ncccc3n2)c1)c1ccc(N2CCCS2)cc1Cl. The summed E-state index contributed by atoms with van der Waals surface area (Å²) < 4.78 is 2.20. The Morgan fingerprint density at radius 3 is 2.60 bits per heavy atom. The molecule has 1 saturated heterocycles. The number of hydrogen-bond acceptors (Lipinski definition) is 5. The molecule has 1 aliphatic rings. The maximum atomic E-state index is 12.9. The van der Waals surface area contributed by atoms with Crippen LogP contribution in [0.1, 0.15) is 37.0 Å². The molecule has 1 amide bonds. The molecule has 2 aromatic heterocycles. The molecular weight excluding hydrogens is 499 g/mol. The van der Waals surface area contributed by atoms with Crippen molar-refractivity contribution in [1.29, 1.82) is 0 Å². The fourth-order valence-electron chi connectivity index (χ4n) is 3.60. The highest BCUT2D eigenvalue weighted by Crippen LogP contribution is 2.33. The number of aromatic nitrogens is 2. The van der Waals surface area contributed by atoms with Gasteiger partial charge in [-0.15, -0.1) is 0 Å². The van der Waals surface area contributed by atoms with Crippen LogP contribution in [0.25, 0.3) is 22.3 Å². The summed E-state index contributed by atoms with van der Waals surface area (Å²) in [7, 11) is 0. The van der Waals surface area contributed by atoms with Gasteiger partial charge in [-0.3, -0.25) is 9.78 Å². The quantitative estimate of drug-likeness (QED) is 0.273. The number of fused-ring (bicyclic) bond motifs is 1. The summed E-state index contributed by atoms with van der Waals surface area (Å²) in [6, 6.07) is 18.4. The van der Waals surface area contributed by atoms with Crippen molar-refractivity contribution in [2.45, 2.75) is 26.7 Å². The summed E-state index contributed by atoms with van der Waals surface area (Å²) in [5, 5.41) is 3.89. The molecule has 8 heteroatoms. The Kier molecular flexibility index (Phi) is 8.50. The number of nitrogens with zero attached hydrogens (tertiary/aromatic N) is 3. The molecule has 0 spiro atoms. The number of anilines is 2. The van der Waals surface area contributed by atoms with Crippen LogP contribution >= 0.6 is 35.1 Å². The van der Waals surface area contributed by atoms with Crippen molar-refractivity contribution in [1.82, 2.24) is 9.97 Å². The summed E-state index contributed by atoms with van der Waals surface area (Å²) >= 11 is 14.7. The first-order chi connectivity index (χ1) is 17.0. The highest BCUT2D eigenvalue weighted by atomic mass is 35.5. The molecule has 5 rings (SSSR count). The van der Waals surface area contributed by atoms with Gasteiger partial charge in [0.05, 0.1) is 32.3 Å². The van der Waals surface area contributed by atoms with Crippen molar-refractivity contribution in [3.63, 3.8) is 0 Å². The zero-order valence-electron chi connectivity index (χ0n) is 19.6. The van der Waals surface area contributed by atoms with Gasteiger partial charge in [-0.1, -0.05) is 43.5 Å². The zero-order chi connectivity index (χ0) is 24.8. The number of carbonyl (C=O) groups is 1. The van der Waals surface area contributed by atoms with Crippen LogP contribution in [-0.4, -0.2) is 28.2 Å². The lowest BCUT2D eigenvalue weighted by Crippen LogP contribution is -2.14. The lowest BCUT2D eigenvalue weighted by Gasteiger charge is -2.17. The maximum absolute atomic E-state index is 12.9. The molecule has 0 unspecified atom stereocenters.